The van der Waals surface area contributed by atoms with Gasteiger partial charge in [-0.15, -0.1) is 0 Å². The molecule has 0 aromatic heterocycles. The number of nitrogens with one attached hydrogen (secondary N) is 1. The predicted molar refractivity (Wildman–Crippen MR) is 90.7 cm³/mol. The summed E-state index contributed by atoms with van der Waals surface area (Å²) in [5, 5.41) is 3.50. The van der Waals surface area contributed by atoms with Crippen molar-refractivity contribution in [2.24, 2.45) is 0 Å². The van der Waals surface area contributed by atoms with Crippen molar-refractivity contribution >= 4 is 40.7 Å². The van der Waals surface area contributed by atoms with E-state index in [1.54, 1.807) is 17.0 Å². The largest absolute Gasteiger partial charge is 0.341 e. The second kappa shape index (κ2) is 6.22. The minimum Gasteiger partial charge on any atom is -0.341 e. The number of hydrogen-bond donors (Lipinski definition) is 1. The molecule has 1 aliphatic heterocycles. The Bertz CT molecular complexity index is 778. The van der Waals surface area contributed by atoms with Gasteiger partial charge in [-0.05, 0) is 17.7 Å². The van der Waals surface area contributed by atoms with E-state index in [2.05, 4.69) is 5.32 Å². The van der Waals surface area contributed by atoms with Crippen molar-refractivity contribution in [3.8, 4) is 0 Å². The number of anilines is 1. The highest BCUT2D eigenvalue weighted by molar-refractivity contribution is 6.38. The van der Waals surface area contributed by atoms with Crippen LogP contribution in [0.15, 0.2) is 42.5 Å². The molecule has 2 aromatic rings. The molecule has 1 N–H and O–H groups in total. The maximum atomic E-state index is 12.8. The van der Waals surface area contributed by atoms with Gasteiger partial charge in [-0.3, -0.25) is 9.59 Å². The molecule has 4 nitrogen and oxygen atoms in total. The van der Waals surface area contributed by atoms with E-state index in [0.717, 1.165) is 5.56 Å². The Balaban J connectivity index is 2.07. The first-order valence-corrected chi connectivity index (χ1v) is 7.85. The molecule has 1 aliphatic rings. The number of halogens is 2. The van der Waals surface area contributed by atoms with Crippen molar-refractivity contribution in [2.75, 3.05) is 4.90 Å². The van der Waals surface area contributed by atoms with Crippen LogP contribution in [0.4, 0.5) is 5.69 Å². The lowest BCUT2D eigenvalue weighted by Gasteiger charge is -2.19. The van der Waals surface area contributed by atoms with Crippen molar-refractivity contribution in [1.29, 1.82) is 0 Å². The van der Waals surface area contributed by atoms with Gasteiger partial charge in [0.05, 0.1) is 17.3 Å². The van der Waals surface area contributed by atoms with Crippen molar-refractivity contribution in [1.82, 2.24) is 5.32 Å². The van der Waals surface area contributed by atoms with Gasteiger partial charge in [-0.2, -0.15) is 0 Å². The minimum atomic E-state index is -0.808. The molecule has 0 radical (unpaired) electrons. The fourth-order valence-corrected chi connectivity index (χ4v) is 3.28. The normalized spacial score (nSPS) is 16.4. The van der Waals surface area contributed by atoms with Crippen LogP contribution in [0.25, 0.3) is 0 Å². The summed E-state index contributed by atoms with van der Waals surface area (Å²) in [5.74, 6) is -0.541. The molecule has 118 valence electrons. The standard InChI is InChI=1S/C17H14Cl2N2O2/c1-10(22)20-15-14-12(18)7-8-13(19)16(14)21(17(15)23)9-11-5-3-2-4-6-11/h2-8,15H,9H2,1H3,(H,20,22)/t15-/m1/s1. The maximum absolute atomic E-state index is 12.8. The van der Waals surface area contributed by atoms with Crippen LogP contribution < -0.4 is 10.2 Å². The Hall–Kier alpha value is -2.04. The molecule has 1 atom stereocenters. The van der Waals surface area contributed by atoms with Gasteiger partial charge in [-0.25, -0.2) is 0 Å². The molecule has 0 unspecified atom stereocenters. The van der Waals surface area contributed by atoms with Crippen LogP contribution in [0.1, 0.15) is 24.1 Å². The third-order valence-corrected chi connectivity index (χ3v) is 4.35. The Labute approximate surface area is 144 Å². The van der Waals surface area contributed by atoms with Gasteiger partial charge in [-0.1, -0.05) is 53.5 Å². The first kappa shape index (κ1) is 15.8. The van der Waals surface area contributed by atoms with Crippen LogP contribution in [-0.2, 0) is 16.1 Å². The Kier molecular flexibility index (Phi) is 4.28. The summed E-state index contributed by atoms with van der Waals surface area (Å²) in [5.41, 5.74) is 2.08. The van der Waals surface area contributed by atoms with E-state index in [-0.39, 0.29) is 11.8 Å². The third-order valence-electron chi connectivity index (χ3n) is 3.72. The monoisotopic (exact) mass is 348 g/mol. The van der Waals surface area contributed by atoms with Gasteiger partial charge in [0.1, 0.15) is 6.04 Å². The van der Waals surface area contributed by atoms with E-state index >= 15 is 0 Å². The fraction of sp³-hybridized carbons (Fsp3) is 0.176. The Morgan fingerprint density at radius 1 is 1.13 bits per heavy atom. The van der Waals surface area contributed by atoms with Crippen LogP contribution in [0.3, 0.4) is 0 Å². The van der Waals surface area contributed by atoms with Gasteiger partial charge in [0.15, 0.2) is 0 Å². The molecular formula is C17H14Cl2N2O2. The molecular weight excluding hydrogens is 335 g/mol. The molecule has 23 heavy (non-hydrogen) atoms. The molecule has 6 heteroatoms. The van der Waals surface area contributed by atoms with Gasteiger partial charge in [0.2, 0.25) is 5.91 Å². The Morgan fingerprint density at radius 3 is 2.43 bits per heavy atom. The second-order valence-electron chi connectivity index (χ2n) is 5.34. The van der Waals surface area contributed by atoms with E-state index in [9.17, 15) is 9.59 Å². The van der Waals surface area contributed by atoms with Crippen LogP contribution in [0.2, 0.25) is 10.0 Å². The topological polar surface area (TPSA) is 49.4 Å². The van der Waals surface area contributed by atoms with E-state index < -0.39 is 6.04 Å². The molecule has 0 aliphatic carbocycles. The van der Waals surface area contributed by atoms with Crippen molar-refractivity contribution in [3.63, 3.8) is 0 Å². The van der Waals surface area contributed by atoms with Crippen LogP contribution in [0.5, 0.6) is 0 Å². The lowest BCUT2D eigenvalue weighted by Crippen LogP contribution is -2.36. The molecule has 2 amide bonds. The fourth-order valence-electron chi connectivity index (χ4n) is 2.76. The van der Waals surface area contributed by atoms with E-state index in [1.807, 2.05) is 30.3 Å². The van der Waals surface area contributed by atoms with Crippen LogP contribution in [0, 0.1) is 0 Å². The summed E-state index contributed by atoms with van der Waals surface area (Å²) < 4.78 is 0. The molecule has 0 saturated carbocycles. The number of rotatable bonds is 3. The zero-order chi connectivity index (χ0) is 16.6. The molecule has 3 rings (SSSR count). The summed E-state index contributed by atoms with van der Waals surface area (Å²) in [4.78, 5) is 25.8. The van der Waals surface area contributed by atoms with Gasteiger partial charge in [0, 0.05) is 17.5 Å². The third kappa shape index (κ3) is 2.92. The predicted octanol–water partition coefficient (Wildman–Crippen LogP) is 3.72. The molecule has 0 spiro atoms. The van der Waals surface area contributed by atoms with Crippen molar-refractivity contribution in [2.45, 2.75) is 19.5 Å². The quantitative estimate of drug-likeness (QED) is 0.918. The van der Waals surface area contributed by atoms with Gasteiger partial charge < -0.3 is 10.2 Å². The highest BCUT2D eigenvalue weighted by Crippen LogP contribution is 2.45. The summed E-state index contributed by atoms with van der Waals surface area (Å²) >= 11 is 12.6. The molecule has 2 aromatic carbocycles. The van der Waals surface area contributed by atoms with Crippen molar-refractivity contribution in [3.05, 3.63) is 63.6 Å². The summed E-state index contributed by atoms with van der Waals surface area (Å²) in [6.07, 6.45) is 0. The lowest BCUT2D eigenvalue weighted by atomic mass is 10.1. The number of carbonyl (C=O) groups excluding carboxylic acids is 2. The SMILES string of the molecule is CC(=O)N[C@H]1C(=O)N(Cc2ccccc2)c2c(Cl)ccc(Cl)c21. The lowest BCUT2D eigenvalue weighted by molar-refractivity contribution is -0.126. The van der Waals surface area contributed by atoms with Gasteiger partial charge in [0.25, 0.3) is 5.91 Å². The maximum Gasteiger partial charge on any atom is 0.254 e. The number of benzene rings is 2. The summed E-state index contributed by atoms with van der Waals surface area (Å²) in [6.45, 7) is 1.73. The molecule has 0 fully saturated rings. The number of fused-ring (bicyclic) bond motifs is 1. The Morgan fingerprint density at radius 2 is 1.78 bits per heavy atom. The minimum absolute atomic E-state index is 0.242. The number of hydrogen-bond acceptors (Lipinski definition) is 2. The summed E-state index contributed by atoms with van der Waals surface area (Å²) in [7, 11) is 0. The molecule has 0 bridgehead atoms. The van der Waals surface area contributed by atoms with E-state index in [1.165, 1.54) is 6.92 Å². The first-order valence-electron chi connectivity index (χ1n) is 7.09. The smallest absolute Gasteiger partial charge is 0.254 e. The van der Waals surface area contributed by atoms with Crippen molar-refractivity contribution < 1.29 is 9.59 Å². The van der Waals surface area contributed by atoms with E-state index in [4.69, 9.17) is 23.2 Å². The van der Waals surface area contributed by atoms with Crippen LogP contribution >= 0.6 is 23.2 Å². The average Bonchev–Trinajstić information content (AvgIpc) is 2.78. The number of nitrogens with zero attached hydrogens (tertiary/aromatic N) is 1. The number of carbonyl (C=O) groups is 2. The molecule has 1 heterocycles. The highest BCUT2D eigenvalue weighted by atomic mass is 35.5. The second-order valence-corrected chi connectivity index (χ2v) is 6.15. The zero-order valence-corrected chi connectivity index (χ0v) is 13.9. The van der Waals surface area contributed by atoms with E-state index in [0.29, 0.717) is 27.8 Å². The summed E-state index contributed by atoms with van der Waals surface area (Å²) in [6, 6.07) is 12.1. The zero-order valence-electron chi connectivity index (χ0n) is 12.3. The average molecular weight is 349 g/mol. The first-order chi connectivity index (χ1) is 11.0. The molecule has 0 saturated heterocycles. The van der Waals surface area contributed by atoms with Crippen LogP contribution in [-0.4, -0.2) is 11.8 Å². The number of amides is 2. The highest BCUT2D eigenvalue weighted by Gasteiger charge is 2.40. The van der Waals surface area contributed by atoms with Gasteiger partial charge >= 0.3 is 0 Å².